The molecule has 1 N–H and O–H groups in total. The van der Waals surface area contributed by atoms with Crippen molar-refractivity contribution < 1.29 is 9.21 Å². The lowest BCUT2D eigenvalue weighted by atomic mass is 10.0. The topological polar surface area (TPSA) is 42.2 Å². The number of hydrogen-bond acceptors (Lipinski definition) is 3. The summed E-state index contributed by atoms with van der Waals surface area (Å²) in [6.45, 7) is 0. The number of aryl methyl sites for hydroxylation is 1. The van der Waals surface area contributed by atoms with Gasteiger partial charge in [-0.05, 0) is 35.6 Å². The zero-order chi connectivity index (χ0) is 17.8. The molecule has 130 valence electrons. The first kappa shape index (κ1) is 16.6. The molecule has 0 aliphatic rings. The molecule has 0 fully saturated rings. The lowest BCUT2D eigenvalue weighted by Crippen LogP contribution is -2.29. The number of carbonyl (C=O) groups is 1. The lowest BCUT2D eigenvalue weighted by Gasteiger charge is -2.17. The normalized spacial score (nSPS) is 12.2. The van der Waals surface area contributed by atoms with Crippen LogP contribution in [0, 0.1) is 0 Å². The molecule has 0 radical (unpaired) electrons. The van der Waals surface area contributed by atoms with Gasteiger partial charge in [-0.25, -0.2) is 0 Å². The van der Waals surface area contributed by atoms with Crippen molar-refractivity contribution in [1.82, 2.24) is 5.32 Å². The number of nitrogens with one attached hydrogen (secondary N) is 1. The highest BCUT2D eigenvalue weighted by atomic mass is 32.1. The molecule has 2 aromatic carbocycles. The molecular formula is C22H19NO2S. The number of carbonyl (C=O) groups excluding carboxylic acids is 1. The quantitative estimate of drug-likeness (QED) is 0.504. The summed E-state index contributed by atoms with van der Waals surface area (Å²) >= 11 is 1.68. The number of thiophene rings is 1. The van der Waals surface area contributed by atoms with Crippen LogP contribution in [0.4, 0.5) is 0 Å². The average molecular weight is 361 g/mol. The Kier molecular flexibility index (Phi) is 4.84. The van der Waals surface area contributed by atoms with Crippen LogP contribution in [-0.2, 0) is 11.2 Å². The Balaban J connectivity index is 1.57. The number of fused-ring (bicyclic) bond motifs is 1. The fraction of sp³-hybridized carbons (Fsp3) is 0.136. The first-order valence-corrected chi connectivity index (χ1v) is 9.53. The van der Waals surface area contributed by atoms with Crippen LogP contribution in [0.5, 0.6) is 0 Å². The highest BCUT2D eigenvalue weighted by molar-refractivity contribution is 7.09. The Bertz CT molecular complexity index is 956. The smallest absolute Gasteiger partial charge is 0.221 e. The van der Waals surface area contributed by atoms with E-state index in [-0.39, 0.29) is 11.9 Å². The minimum absolute atomic E-state index is 0.0210. The predicted octanol–water partition coefficient (Wildman–Crippen LogP) is 5.33. The summed E-state index contributed by atoms with van der Waals surface area (Å²) in [5, 5.41) is 6.22. The van der Waals surface area contributed by atoms with Crippen molar-refractivity contribution >= 4 is 28.2 Å². The second-order valence-electron chi connectivity index (χ2n) is 6.18. The van der Waals surface area contributed by atoms with Crippen molar-refractivity contribution in [3.63, 3.8) is 0 Å². The van der Waals surface area contributed by atoms with Gasteiger partial charge in [-0.1, -0.05) is 54.6 Å². The first-order chi connectivity index (χ1) is 12.8. The molecule has 0 bridgehead atoms. The molecule has 4 heteroatoms. The molecule has 0 aliphatic carbocycles. The van der Waals surface area contributed by atoms with Crippen molar-refractivity contribution in [2.75, 3.05) is 0 Å². The molecule has 0 saturated heterocycles. The largest absolute Gasteiger partial charge is 0.459 e. The maximum Gasteiger partial charge on any atom is 0.221 e. The summed E-state index contributed by atoms with van der Waals surface area (Å²) in [5.41, 5.74) is 1.84. The van der Waals surface area contributed by atoms with Crippen LogP contribution in [0.15, 0.2) is 82.6 Å². The van der Waals surface area contributed by atoms with Crippen molar-refractivity contribution in [1.29, 1.82) is 0 Å². The second-order valence-corrected chi connectivity index (χ2v) is 7.21. The van der Waals surface area contributed by atoms with Crippen molar-refractivity contribution in [3.8, 4) is 0 Å². The van der Waals surface area contributed by atoms with Gasteiger partial charge in [0.1, 0.15) is 17.4 Å². The SMILES string of the molecule is O=C(CCc1cccs1)NC(c1ccccc1)c1cc2ccccc2o1. The fourth-order valence-electron chi connectivity index (χ4n) is 3.03. The highest BCUT2D eigenvalue weighted by Gasteiger charge is 2.20. The second kappa shape index (κ2) is 7.58. The van der Waals surface area contributed by atoms with Gasteiger partial charge < -0.3 is 9.73 Å². The standard InChI is InChI=1S/C22H19NO2S/c24-21(13-12-18-10-6-14-26-18)23-22(16-7-2-1-3-8-16)20-15-17-9-4-5-11-19(17)25-20/h1-11,14-15,22H,12-13H2,(H,23,24). The van der Waals surface area contributed by atoms with Crippen LogP contribution in [0.2, 0.25) is 0 Å². The predicted molar refractivity (Wildman–Crippen MR) is 105 cm³/mol. The van der Waals surface area contributed by atoms with E-state index >= 15 is 0 Å². The van der Waals surface area contributed by atoms with Crippen molar-refractivity contribution in [2.45, 2.75) is 18.9 Å². The molecule has 1 atom stereocenters. The fourth-order valence-corrected chi connectivity index (χ4v) is 3.74. The van der Waals surface area contributed by atoms with Gasteiger partial charge in [-0.3, -0.25) is 4.79 Å². The number of rotatable bonds is 6. The number of benzene rings is 2. The Morgan fingerprint density at radius 3 is 2.58 bits per heavy atom. The van der Waals surface area contributed by atoms with Gasteiger partial charge in [0.05, 0.1) is 0 Å². The monoisotopic (exact) mass is 361 g/mol. The molecular weight excluding hydrogens is 342 g/mol. The van der Waals surface area contributed by atoms with Crippen LogP contribution in [0.25, 0.3) is 11.0 Å². The Morgan fingerprint density at radius 1 is 1.00 bits per heavy atom. The zero-order valence-electron chi connectivity index (χ0n) is 14.2. The van der Waals surface area contributed by atoms with Gasteiger partial charge in [0.25, 0.3) is 0 Å². The molecule has 4 aromatic rings. The van der Waals surface area contributed by atoms with E-state index in [1.165, 1.54) is 4.88 Å². The van der Waals surface area contributed by atoms with Crippen molar-refractivity contribution in [3.05, 3.63) is 94.4 Å². The Labute approximate surface area is 156 Å². The molecule has 1 amide bonds. The van der Waals surface area contributed by atoms with Crippen LogP contribution in [0.1, 0.15) is 28.7 Å². The molecule has 0 spiro atoms. The minimum Gasteiger partial charge on any atom is -0.459 e. The van der Waals surface area contributed by atoms with Crippen LogP contribution >= 0.6 is 11.3 Å². The summed E-state index contributed by atoms with van der Waals surface area (Å²) in [6, 6.07) is 23.6. The van der Waals surface area contributed by atoms with E-state index in [2.05, 4.69) is 11.4 Å². The highest BCUT2D eigenvalue weighted by Crippen LogP contribution is 2.28. The lowest BCUT2D eigenvalue weighted by molar-refractivity contribution is -0.121. The maximum atomic E-state index is 12.6. The zero-order valence-corrected chi connectivity index (χ0v) is 15.0. The summed E-state index contributed by atoms with van der Waals surface area (Å²) < 4.78 is 6.02. The van der Waals surface area contributed by atoms with E-state index in [0.717, 1.165) is 28.7 Å². The number of hydrogen-bond donors (Lipinski definition) is 1. The molecule has 26 heavy (non-hydrogen) atoms. The van der Waals surface area contributed by atoms with Crippen LogP contribution < -0.4 is 5.32 Å². The molecule has 0 saturated carbocycles. The van der Waals surface area contributed by atoms with Gasteiger partial charge in [0.2, 0.25) is 5.91 Å². The summed E-state index contributed by atoms with van der Waals surface area (Å²) in [7, 11) is 0. The summed E-state index contributed by atoms with van der Waals surface area (Å²) in [6.07, 6.45) is 1.22. The van der Waals surface area contributed by atoms with Gasteiger partial charge in [-0.2, -0.15) is 0 Å². The van der Waals surface area contributed by atoms with E-state index in [1.54, 1.807) is 11.3 Å². The summed E-state index contributed by atoms with van der Waals surface area (Å²) in [5.74, 6) is 0.773. The number of furan rings is 1. The van der Waals surface area contributed by atoms with E-state index in [0.29, 0.717) is 6.42 Å². The van der Waals surface area contributed by atoms with Gasteiger partial charge in [0.15, 0.2) is 0 Å². The summed E-state index contributed by atoms with van der Waals surface area (Å²) in [4.78, 5) is 13.8. The van der Waals surface area contributed by atoms with Crippen molar-refractivity contribution in [2.24, 2.45) is 0 Å². The van der Waals surface area contributed by atoms with Gasteiger partial charge in [0, 0.05) is 16.7 Å². The van der Waals surface area contributed by atoms with E-state index in [9.17, 15) is 4.79 Å². The molecule has 2 aromatic heterocycles. The molecule has 2 heterocycles. The number of para-hydroxylation sites is 1. The maximum absolute atomic E-state index is 12.6. The molecule has 3 nitrogen and oxygen atoms in total. The van der Waals surface area contributed by atoms with E-state index < -0.39 is 0 Å². The van der Waals surface area contributed by atoms with Gasteiger partial charge in [-0.15, -0.1) is 11.3 Å². The number of amides is 1. The van der Waals surface area contributed by atoms with E-state index in [4.69, 9.17) is 4.42 Å². The van der Waals surface area contributed by atoms with Crippen LogP contribution in [-0.4, -0.2) is 5.91 Å². The molecule has 0 aliphatic heterocycles. The third-order valence-electron chi connectivity index (χ3n) is 4.35. The first-order valence-electron chi connectivity index (χ1n) is 8.65. The van der Waals surface area contributed by atoms with Gasteiger partial charge >= 0.3 is 0 Å². The third-order valence-corrected chi connectivity index (χ3v) is 5.28. The Hall–Kier alpha value is -2.85. The minimum atomic E-state index is -0.292. The molecule has 4 rings (SSSR count). The van der Waals surface area contributed by atoms with E-state index in [1.807, 2.05) is 72.1 Å². The average Bonchev–Trinajstić information content (AvgIpc) is 3.34. The Morgan fingerprint density at radius 2 is 1.81 bits per heavy atom. The van der Waals surface area contributed by atoms with Crippen LogP contribution in [0.3, 0.4) is 0 Å². The molecule has 1 unspecified atom stereocenters. The third kappa shape index (κ3) is 3.70.